The zero-order chi connectivity index (χ0) is 21.5. The predicted octanol–water partition coefficient (Wildman–Crippen LogP) is 2.87. The number of piperidine rings is 1. The smallest absolute Gasteiger partial charge is 0.293 e. The Hall–Kier alpha value is -3.26. The maximum Gasteiger partial charge on any atom is 0.293 e. The summed E-state index contributed by atoms with van der Waals surface area (Å²) in [6, 6.07) is 14.5. The van der Waals surface area contributed by atoms with Gasteiger partial charge in [-0.2, -0.15) is 0 Å². The number of nitrogens with zero attached hydrogens (tertiary/aromatic N) is 2. The van der Waals surface area contributed by atoms with E-state index in [1.807, 2.05) is 35.2 Å². The maximum absolute atomic E-state index is 12.4. The first-order chi connectivity index (χ1) is 14.4. The fourth-order valence-electron chi connectivity index (χ4n) is 3.63. The highest BCUT2D eigenvalue weighted by molar-refractivity contribution is 5.95. The maximum atomic E-state index is 12.4. The molecule has 1 heterocycles. The lowest BCUT2D eigenvalue weighted by Crippen LogP contribution is -2.43. The topological polar surface area (TPSA) is 105 Å². The quantitative estimate of drug-likeness (QED) is 0.539. The van der Waals surface area contributed by atoms with Crippen molar-refractivity contribution < 1.29 is 14.5 Å². The van der Waals surface area contributed by atoms with Crippen molar-refractivity contribution in [2.45, 2.75) is 26.3 Å². The number of amides is 2. The first-order valence-electron chi connectivity index (χ1n) is 10.0. The Morgan fingerprint density at radius 1 is 1.10 bits per heavy atom. The molecule has 8 nitrogen and oxygen atoms in total. The summed E-state index contributed by atoms with van der Waals surface area (Å²) in [5.41, 5.74) is 1.83. The number of anilines is 1. The largest absolute Gasteiger partial charge is 0.352 e. The summed E-state index contributed by atoms with van der Waals surface area (Å²) >= 11 is 0. The van der Waals surface area contributed by atoms with Gasteiger partial charge in [0.2, 0.25) is 11.8 Å². The minimum Gasteiger partial charge on any atom is -0.352 e. The third kappa shape index (κ3) is 5.64. The fourth-order valence-corrected chi connectivity index (χ4v) is 3.63. The molecule has 0 saturated carbocycles. The zero-order valence-electron chi connectivity index (χ0n) is 17.0. The van der Waals surface area contributed by atoms with Crippen LogP contribution >= 0.6 is 0 Å². The first-order valence-corrected chi connectivity index (χ1v) is 10.0. The van der Waals surface area contributed by atoms with Crippen LogP contribution in [0.1, 0.15) is 24.0 Å². The Bertz CT molecular complexity index is 909. The molecule has 2 amide bonds. The number of likely N-dealkylation sites (tertiary alicyclic amines) is 1. The van der Waals surface area contributed by atoms with Gasteiger partial charge in [-0.3, -0.25) is 24.6 Å². The number of nitrogens with one attached hydrogen (secondary N) is 2. The summed E-state index contributed by atoms with van der Waals surface area (Å²) in [7, 11) is 0. The van der Waals surface area contributed by atoms with Crippen LogP contribution in [0, 0.1) is 23.0 Å². The second-order valence-corrected chi connectivity index (χ2v) is 7.53. The Labute approximate surface area is 175 Å². The van der Waals surface area contributed by atoms with Crippen molar-refractivity contribution in [1.29, 1.82) is 0 Å². The van der Waals surface area contributed by atoms with E-state index in [0.29, 0.717) is 38.0 Å². The summed E-state index contributed by atoms with van der Waals surface area (Å²) < 4.78 is 0. The van der Waals surface area contributed by atoms with Crippen molar-refractivity contribution in [3.8, 4) is 0 Å². The standard InChI is InChI=1S/C22H26N4O4/c1-16-6-5-9-19(26(29)30)21(16)24-20(27)15-25-12-10-18(11-13-25)22(28)23-14-17-7-3-2-4-8-17/h2-9,18H,10-15H2,1H3,(H,23,28)(H,24,27). The van der Waals surface area contributed by atoms with E-state index in [9.17, 15) is 19.7 Å². The molecular weight excluding hydrogens is 384 g/mol. The highest BCUT2D eigenvalue weighted by Gasteiger charge is 2.26. The van der Waals surface area contributed by atoms with Crippen LogP contribution in [0.2, 0.25) is 0 Å². The number of hydrogen-bond acceptors (Lipinski definition) is 5. The molecule has 0 aromatic heterocycles. The van der Waals surface area contributed by atoms with Gasteiger partial charge in [0.15, 0.2) is 0 Å². The molecule has 1 aliphatic heterocycles. The lowest BCUT2D eigenvalue weighted by atomic mass is 9.96. The van der Waals surface area contributed by atoms with E-state index in [4.69, 9.17) is 0 Å². The van der Waals surface area contributed by atoms with Crippen LogP contribution in [0.3, 0.4) is 0 Å². The number of carbonyl (C=O) groups excluding carboxylic acids is 2. The minimum absolute atomic E-state index is 0.0403. The van der Waals surface area contributed by atoms with Gasteiger partial charge in [0.05, 0.1) is 11.5 Å². The van der Waals surface area contributed by atoms with Crippen molar-refractivity contribution >= 4 is 23.2 Å². The third-order valence-corrected chi connectivity index (χ3v) is 5.35. The Morgan fingerprint density at radius 3 is 2.47 bits per heavy atom. The van der Waals surface area contributed by atoms with Crippen molar-refractivity contribution in [3.05, 3.63) is 69.8 Å². The minimum atomic E-state index is -0.498. The lowest BCUT2D eigenvalue weighted by Gasteiger charge is -2.30. The van der Waals surface area contributed by atoms with Gasteiger partial charge in [-0.05, 0) is 44.0 Å². The average molecular weight is 410 g/mol. The number of para-hydroxylation sites is 1. The van der Waals surface area contributed by atoms with Gasteiger partial charge < -0.3 is 10.6 Å². The highest BCUT2D eigenvalue weighted by atomic mass is 16.6. The molecule has 2 aromatic rings. The molecule has 1 fully saturated rings. The van der Waals surface area contributed by atoms with E-state index in [-0.39, 0.29) is 35.7 Å². The van der Waals surface area contributed by atoms with Gasteiger partial charge in [0.25, 0.3) is 5.69 Å². The summed E-state index contributed by atoms with van der Waals surface area (Å²) in [6.45, 7) is 3.64. The molecule has 0 bridgehead atoms. The van der Waals surface area contributed by atoms with Crippen LogP contribution < -0.4 is 10.6 Å². The number of benzene rings is 2. The first kappa shape index (κ1) is 21.4. The molecule has 3 rings (SSSR count). The molecule has 0 unspecified atom stereocenters. The van der Waals surface area contributed by atoms with E-state index in [1.54, 1.807) is 19.1 Å². The summed E-state index contributed by atoms with van der Waals surface area (Å²) in [5.74, 6) is -0.316. The van der Waals surface area contributed by atoms with Crippen LogP contribution in [-0.2, 0) is 16.1 Å². The summed E-state index contributed by atoms with van der Waals surface area (Å²) in [5, 5.41) is 16.9. The van der Waals surface area contributed by atoms with Gasteiger partial charge >= 0.3 is 0 Å². The predicted molar refractivity (Wildman–Crippen MR) is 114 cm³/mol. The Balaban J connectivity index is 1.46. The highest BCUT2D eigenvalue weighted by Crippen LogP contribution is 2.27. The number of nitro benzene ring substituents is 1. The van der Waals surface area contributed by atoms with Gasteiger partial charge in [0.1, 0.15) is 5.69 Å². The number of hydrogen-bond donors (Lipinski definition) is 2. The number of nitro groups is 1. The molecule has 0 spiro atoms. The molecule has 0 aliphatic carbocycles. The number of carbonyl (C=O) groups is 2. The molecule has 1 saturated heterocycles. The summed E-state index contributed by atoms with van der Waals surface area (Å²) in [6.07, 6.45) is 1.36. The molecule has 8 heteroatoms. The van der Waals surface area contributed by atoms with Crippen LogP contribution in [0.15, 0.2) is 48.5 Å². The fraction of sp³-hybridized carbons (Fsp3) is 0.364. The van der Waals surface area contributed by atoms with Gasteiger partial charge in [-0.15, -0.1) is 0 Å². The zero-order valence-corrected chi connectivity index (χ0v) is 17.0. The molecule has 1 aliphatic rings. The van der Waals surface area contributed by atoms with Gasteiger partial charge in [-0.25, -0.2) is 0 Å². The lowest BCUT2D eigenvalue weighted by molar-refractivity contribution is -0.384. The van der Waals surface area contributed by atoms with E-state index < -0.39 is 4.92 Å². The van der Waals surface area contributed by atoms with Gasteiger partial charge in [-0.1, -0.05) is 42.5 Å². The van der Waals surface area contributed by atoms with Crippen molar-refractivity contribution in [3.63, 3.8) is 0 Å². The summed E-state index contributed by atoms with van der Waals surface area (Å²) in [4.78, 5) is 37.5. The Morgan fingerprint density at radius 2 is 1.80 bits per heavy atom. The molecule has 2 N–H and O–H groups in total. The van der Waals surface area contributed by atoms with Crippen molar-refractivity contribution in [1.82, 2.24) is 10.2 Å². The second-order valence-electron chi connectivity index (χ2n) is 7.53. The molecule has 158 valence electrons. The van der Waals surface area contributed by atoms with E-state index in [0.717, 1.165) is 5.56 Å². The molecule has 0 radical (unpaired) electrons. The van der Waals surface area contributed by atoms with Crippen molar-refractivity contribution in [2.24, 2.45) is 5.92 Å². The molecular formula is C22H26N4O4. The molecule has 30 heavy (non-hydrogen) atoms. The number of rotatable bonds is 7. The molecule has 2 aromatic carbocycles. The van der Waals surface area contributed by atoms with E-state index in [1.165, 1.54) is 6.07 Å². The monoisotopic (exact) mass is 410 g/mol. The van der Waals surface area contributed by atoms with Crippen LogP contribution in [0.25, 0.3) is 0 Å². The van der Waals surface area contributed by atoms with E-state index in [2.05, 4.69) is 10.6 Å². The third-order valence-electron chi connectivity index (χ3n) is 5.35. The SMILES string of the molecule is Cc1cccc([N+](=O)[O-])c1NC(=O)CN1CCC(C(=O)NCc2ccccc2)CC1. The van der Waals surface area contributed by atoms with Crippen LogP contribution in [-0.4, -0.2) is 41.3 Å². The van der Waals surface area contributed by atoms with Crippen molar-refractivity contribution in [2.75, 3.05) is 25.0 Å². The normalized spacial score (nSPS) is 14.8. The average Bonchev–Trinajstić information content (AvgIpc) is 2.74. The van der Waals surface area contributed by atoms with E-state index >= 15 is 0 Å². The van der Waals surface area contributed by atoms with Gasteiger partial charge in [0, 0.05) is 18.5 Å². The Kier molecular flexibility index (Phi) is 7.13. The van der Waals surface area contributed by atoms with Crippen LogP contribution in [0.4, 0.5) is 11.4 Å². The molecule has 0 atom stereocenters. The van der Waals surface area contributed by atoms with Crippen LogP contribution in [0.5, 0.6) is 0 Å². The second kappa shape index (κ2) is 9.98. The number of aryl methyl sites for hydroxylation is 1.